The number of ether oxygens (including phenoxy) is 1. The van der Waals surface area contributed by atoms with E-state index in [0.717, 1.165) is 5.57 Å². The van der Waals surface area contributed by atoms with Crippen LogP contribution in [0.25, 0.3) is 0 Å². The molecule has 0 amide bonds. The Morgan fingerprint density at radius 2 is 2.47 bits per heavy atom. The lowest BCUT2D eigenvalue weighted by molar-refractivity contribution is -0.548. The van der Waals surface area contributed by atoms with Crippen molar-refractivity contribution < 1.29 is 19.3 Å². The maximum absolute atomic E-state index is 11.6. The van der Waals surface area contributed by atoms with Gasteiger partial charge in [-0.15, -0.1) is 16.3 Å². The lowest BCUT2D eigenvalue weighted by atomic mass is 9.93. The van der Waals surface area contributed by atoms with Gasteiger partial charge in [-0.3, -0.25) is 0 Å². The van der Waals surface area contributed by atoms with E-state index in [2.05, 4.69) is 5.11 Å². The van der Waals surface area contributed by atoms with E-state index in [1.807, 2.05) is 7.05 Å². The van der Waals surface area contributed by atoms with Crippen LogP contribution in [0.4, 0.5) is 0 Å². The number of carbonyl (C=O) groups excluding carboxylic acids is 1. The molecule has 94 valence electrons. The van der Waals surface area contributed by atoms with Gasteiger partial charge in [0.15, 0.2) is 19.2 Å². The van der Waals surface area contributed by atoms with Crippen molar-refractivity contribution in [3.8, 4) is 0 Å². The molecule has 17 heavy (non-hydrogen) atoms. The minimum Gasteiger partial charge on any atom is -0.458 e. The van der Waals surface area contributed by atoms with Crippen LogP contribution in [0.15, 0.2) is 16.9 Å². The molecule has 0 bridgehead atoms. The standard InChI is InChI=1S/C11H16ClN2O3/c1-3-11(16)9(12)8(17-10(11)15)4-7-5-13-14(2)6-7/h5,8-9,16H,3-4,6H2,1-2H3/q+1. The number of likely N-dealkylation sites (N-methyl/N-ethyl adjacent to an activating group) is 1. The second-order valence-electron chi connectivity index (χ2n) is 4.55. The molecule has 2 rings (SSSR count). The monoisotopic (exact) mass is 259 g/mol. The van der Waals surface area contributed by atoms with Gasteiger partial charge in [0.25, 0.3) is 0 Å². The third-order valence-corrected chi connectivity index (χ3v) is 3.91. The Labute approximate surface area is 105 Å². The first-order valence-corrected chi connectivity index (χ1v) is 6.08. The highest BCUT2D eigenvalue weighted by Gasteiger charge is 2.54. The largest absolute Gasteiger partial charge is 0.458 e. The quantitative estimate of drug-likeness (QED) is 0.468. The average Bonchev–Trinajstić information content (AvgIpc) is 2.79. The summed E-state index contributed by atoms with van der Waals surface area (Å²) in [5.41, 5.74) is -0.495. The van der Waals surface area contributed by atoms with E-state index in [-0.39, 0.29) is 6.42 Å². The van der Waals surface area contributed by atoms with Gasteiger partial charge >= 0.3 is 5.97 Å². The highest BCUT2D eigenvalue weighted by Crippen LogP contribution is 2.36. The summed E-state index contributed by atoms with van der Waals surface area (Å²) in [4.78, 5) is 11.6. The summed E-state index contributed by atoms with van der Waals surface area (Å²) in [7, 11) is 1.87. The molecule has 0 aromatic heterocycles. The zero-order chi connectivity index (χ0) is 12.6. The summed E-state index contributed by atoms with van der Waals surface area (Å²) in [6, 6.07) is 0. The maximum atomic E-state index is 11.6. The van der Waals surface area contributed by atoms with Crippen molar-refractivity contribution in [1.82, 2.24) is 0 Å². The number of cyclic esters (lactones) is 1. The number of hydrogen-bond acceptors (Lipinski definition) is 4. The van der Waals surface area contributed by atoms with Gasteiger partial charge in [0.1, 0.15) is 11.5 Å². The summed E-state index contributed by atoms with van der Waals surface area (Å²) in [6.45, 7) is 2.43. The third kappa shape index (κ3) is 2.09. The molecule has 5 nitrogen and oxygen atoms in total. The van der Waals surface area contributed by atoms with Crippen molar-refractivity contribution >= 4 is 17.6 Å². The number of azo groups is 2. The van der Waals surface area contributed by atoms with Crippen molar-refractivity contribution in [1.29, 1.82) is 0 Å². The minimum absolute atomic E-state index is 0.264. The normalized spacial score (nSPS) is 36.8. The van der Waals surface area contributed by atoms with Gasteiger partial charge in [-0.1, -0.05) is 6.92 Å². The Hall–Kier alpha value is -0.940. The van der Waals surface area contributed by atoms with E-state index in [4.69, 9.17) is 16.3 Å². The average molecular weight is 260 g/mol. The lowest BCUT2D eigenvalue weighted by Crippen LogP contribution is -2.42. The summed E-state index contributed by atoms with van der Waals surface area (Å²) in [5.74, 6) is -0.617. The van der Waals surface area contributed by atoms with Gasteiger partial charge in [0.05, 0.1) is 6.20 Å². The molecule has 6 heteroatoms. The van der Waals surface area contributed by atoms with E-state index in [9.17, 15) is 9.90 Å². The molecular weight excluding hydrogens is 244 g/mol. The van der Waals surface area contributed by atoms with E-state index < -0.39 is 23.1 Å². The molecule has 3 unspecified atom stereocenters. The fraction of sp³-hybridized carbons (Fsp3) is 0.727. The Kier molecular flexibility index (Phi) is 3.23. The first-order valence-electron chi connectivity index (χ1n) is 5.64. The van der Waals surface area contributed by atoms with Crippen LogP contribution in [0.2, 0.25) is 0 Å². The van der Waals surface area contributed by atoms with Crippen LogP contribution in [0, 0.1) is 0 Å². The molecule has 0 aromatic rings. The SMILES string of the molecule is CCC1(O)C(=O)OC(CC2=CN=[N+](C)C2)C1Cl. The molecule has 2 aliphatic heterocycles. The van der Waals surface area contributed by atoms with E-state index in [1.165, 1.54) is 0 Å². The fourth-order valence-corrected chi connectivity index (χ4v) is 2.52. The van der Waals surface area contributed by atoms with E-state index in [0.29, 0.717) is 13.0 Å². The molecule has 0 radical (unpaired) electrons. The van der Waals surface area contributed by atoms with Crippen molar-refractivity contribution in [3.63, 3.8) is 0 Å². The van der Waals surface area contributed by atoms with Gasteiger partial charge < -0.3 is 9.84 Å². The fourth-order valence-electron chi connectivity index (χ4n) is 2.14. The topological polar surface area (TPSA) is 61.9 Å². The number of aliphatic hydroxyl groups is 1. The van der Waals surface area contributed by atoms with Crippen molar-refractivity contribution in [3.05, 3.63) is 11.8 Å². The van der Waals surface area contributed by atoms with Crippen LogP contribution in [-0.4, -0.2) is 46.4 Å². The van der Waals surface area contributed by atoms with Gasteiger partial charge in [-0.2, -0.15) is 0 Å². The van der Waals surface area contributed by atoms with Gasteiger partial charge in [-0.05, 0) is 11.5 Å². The molecular formula is C11H16ClN2O3+. The van der Waals surface area contributed by atoms with Gasteiger partial charge in [0.2, 0.25) is 0 Å². The first kappa shape index (κ1) is 12.5. The number of hydrogen-bond donors (Lipinski definition) is 1. The number of rotatable bonds is 3. The van der Waals surface area contributed by atoms with Crippen molar-refractivity contribution in [2.75, 3.05) is 13.6 Å². The molecule has 0 spiro atoms. The summed E-state index contributed by atoms with van der Waals surface area (Å²) in [6.07, 6.45) is 2.07. The Morgan fingerprint density at radius 1 is 1.76 bits per heavy atom. The zero-order valence-electron chi connectivity index (χ0n) is 9.89. The van der Waals surface area contributed by atoms with E-state index in [1.54, 1.807) is 17.8 Å². The second kappa shape index (κ2) is 4.38. The summed E-state index contributed by atoms with van der Waals surface area (Å²) >= 11 is 6.13. The highest BCUT2D eigenvalue weighted by molar-refractivity contribution is 6.24. The minimum atomic E-state index is -1.55. The van der Waals surface area contributed by atoms with Crippen LogP contribution in [0.1, 0.15) is 19.8 Å². The number of esters is 1. The van der Waals surface area contributed by atoms with Crippen molar-refractivity contribution in [2.45, 2.75) is 36.8 Å². The predicted octanol–water partition coefficient (Wildman–Crippen LogP) is 1.04. The number of carbonyl (C=O) groups is 1. The highest BCUT2D eigenvalue weighted by atomic mass is 35.5. The zero-order valence-corrected chi connectivity index (χ0v) is 10.6. The van der Waals surface area contributed by atoms with Crippen LogP contribution in [0.5, 0.6) is 0 Å². The number of nitrogens with zero attached hydrogens (tertiary/aromatic N) is 2. The Morgan fingerprint density at radius 3 is 2.94 bits per heavy atom. The molecule has 2 aliphatic rings. The van der Waals surface area contributed by atoms with Crippen LogP contribution in [-0.2, 0) is 9.53 Å². The number of alkyl halides is 1. The van der Waals surface area contributed by atoms with Crippen LogP contribution >= 0.6 is 11.6 Å². The Bertz CT molecular complexity index is 408. The van der Waals surface area contributed by atoms with Crippen LogP contribution in [0.3, 0.4) is 0 Å². The maximum Gasteiger partial charge on any atom is 0.340 e. The molecule has 0 aromatic carbocycles. The predicted molar refractivity (Wildman–Crippen MR) is 60.9 cm³/mol. The van der Waals surface area contributed by atoms with Crippen molar-refractivity contribution in [2.24, 2.45) is 5.11 Å². The molecule has 0 aliphatic carbocycles. The summed E-state index contributed by atoms with van der Waals surface area (Å²) in [5, 5.41) is 13.5. The molecule has 1 saturated heterocycles. The molecule has 1 fully saturated rings. The molecule has 3 atom stereocenters. The number of halogens is 1. The smallest absolute Gasteiger partial charge is 0.340 e. The lowest BCUT2D eigenvalue weighted by Gasteiger charge is -2.20. The van der Waals surface area contributed by atoms with Gasteiger partial charge in [-0.25, -0.2) is 4.79 Å². The Balaban J connectivity index is 2.03. The summed E-state index contributed by atoms with van der Waals surface area (Å²) < 4.78 is 6.95. The van der Waals surface area contributed by atoms with Crippen LogP contribution < -0.4 is 0 Å². The first-order chi connectivity index (χ1) is 7.97. The molecule has 0 saturated carbocycles. The third-order valence-electron chi connectivity index (χ3n) is 3.27. The second-order valence-corrected chi connectivity index (χ2v) is 5.02. The van der Waals surface area contributed by atoms with E-state index >= 15 is 0 Å². The molecule has 1 N–H and O–H groups in total. The molecule has 2 heterocycles. The van der Waals surface area contributed by atoms with Gasteiger partial charge in [0, 0.05) is 12.0 Å².